The van der Waals surface area contributed by atoms with Gasteiger partial charge in [-0.1, -0.05) is 50.5 Å². The topological polar surface area (TPSA) is 29.1 Å². The summed E-state index contributed by atoms with van der Waals surface area (Å²) in [4.78, 5) is 11.6. The van der Waals surface area contributed by atoms with Crippen molar-refractivity contribution in [2.24, 2.45) is 0 Å². The molecule has 17 heavy (non-hydrogen) atoms. The summed E-state index contributed by atoms with van der Waals surface area (Å²) in [5.74, 6) is -0.0459. The molecular weight excluding hydrogens is 210 g/mol. The van der Waals surface area contributed by atoms with Gasteiger partial charge in [0.1, 0.15) is 0 Å². The van der Waals surface area contributed by atoms with Crippen LogP contribution in [-0.4, -0.2) is 5.91 Å². The van der Waals surface area contributed by atoms with Crippen molar-refractivity contribution in [2.75, 3.05) is 0 Å². The van der Waals surface area contributed by atoms with Gasteiger partial charge in [-0.15, -0.1) is 0 Å². The van der Waals surface area contributed by atoms with Gasteiger partial charge in [0, 0.05) is 11.8 Å². The van der Waals surface area contributed by atoms with Crippen LogP contribution >= 0.6 is 0 Å². The zero-order valence-electron chi connectivity index (χ0n) is 10.5. The van der Waals surface area contributed by atoms with E-state index in [1.165, 1.54) is 25.7 Å². The summed E-state index contributed by atoms with van der Waals surface area (Å²) < 4.78 is 0. The van der Waals surface area contributed by atoms with Crippen LogP contribution in [0.2, 0.25) is 0 Å². The number of carbonyl (C=O) groups excluding carboxylic acids is 1. The van der Waals surface area contributed by atoms with Crippen LogP contribution in [-0.2, 0) is 0 Å². The van der Waals surface area contributed by atoms with Crippen LogP contribution < -0.4 is 5.32 Å². The maximum absolute atomic E-state index is 11.6. The van der Waals surface area contributed by atoms with Crippen molar-refractivity contribution in [1.29, 1.82) is 0 Å². The second-order valence-electron chi connectivity index (χ2n) is 4.09. The minimum atomic E-state index is -0.0459. The Hall–Kier alpha value is -1.57. The third kappa shape index (κ3) is 5.91. The average Bonchev–Trinajstić information content (AvgIpc) is 2.38. The van der Waals surface area contributed by atoms with E-state index in [0.29, 0.717) is 5.56 Å². The highest BCUT2D eigenvalue weighted by molar-refractivity contribution is 5.94. The zero-order valence-corrected chi connectivity index (χ0v) is 10.5. The first-order valence-electron chi connectivity index (χ1n) is 6.35. The van der Waals surface area contributed by atoms with Crippen LogP contribution in [0.1, 0.15) is 49.4 Å². The summed E-state index contributed by atoms with van der Waals surface area (Å²) in [5, 5.41) is 2.77. The number of allylic oxidation sites excluding steroid dienone is 1. The van der Waals surface area contributed by atoms with Crippen LogP contribution in [0.3, 0.4) is 0 Å². The molecular formula is C15H21NO. The Morgan fingerprint density at radius 1 is 1.18 bits per heavy atom. The molecule has 0 spiro atoms. The standard InChI is InChI=1S/C15H21NO/c1-2-3-4-5-6-10-13-16-15(17)14-11-8-7-9-12-14/h7-13H,2-6H2,1H3,(H,16,17). The van der Waals surface area contributed by atoms with E-state index in [0.717, 1.165) is 6.42 Å². The average molecular weight is 231 g/mol. The molecule has 1 amide bonds. The molecule has 0 saturated heterocycles. The molecule has 0 aliphatic heterocycles. The van der Waals surface area contributed by atoms with Crippen molar-refractivity contribution in [3.63, 3.8) is 0 Å². The minimum absolute atomic E-state index is 0.0459. The summed E-state index contributed by atoms with van der Waals surface area (Å²) in [6.45, 7) is 2.20. The first kappa shape index (κ1) is 13.5. The molecule has 92 valence electrons. The maximum Gasteiger partial charge on any atom is 0.255 e. The van der Waals surface area contributed by atoms with Gasteiger partial charge in [-0.2, -0.15) is 0 Å². The fourth-order valence-electron chi connectivity index (χ4n) is 1.58. The molecule has 0 unspecified atom stereocenters. The smallest absolute Gasteiger partial charge is 0.255 e. The Kier molecular flexibility index (Phi) is 6.80. The van der Waals surface area contributed by atoms with E-state index in [2.05, 4.69) is 12.2 Å². The second-order valence-corrected chi connectivity index (χ2v) is 4.09. The van der Waals surface area contributed by atoms with Crippen molar-refractivity contribution in [3.8, 4) is 0 Å². The molecule has 1 N–H and O–H groups in total. The largest absolute Gasteiger partial charge is 0.329 e. The first-order chi connectivity index (χ1) is 8.34. The molecule has 0 aromatic heterocycles. The lowest BCUT2D eigenvalue weighted by Gasteiger charge is -1.99. The summed E-state index contributed by atoms with van der Waals surface area (Å²) in [6.07, 6.45) is 9.84. The SMILES string of the molecule is CCCCCCC=CNC(=O)c1ccccc1. The number of rotatable bonds is 7. The highest BCUT2D eigenvalue weighted by atomic mass is 16.1. The van der Waals surface area contributed by atoms with Gasteiger partial charge in [0.2, 0.25) is 0 Å². The van der Waals surface area contributed by atoms with E-state index in [1.54, 1.807) is 6.20 Å². The maximum atomic E-state index is 11.6. The molecule has 1 aromatic rings. The van der Waals surface area contributed by atoms with Crippen molar-refractivity contribution in [3.05, 3.63) is 48.2 Å². The third-order valence-electron chi connectivity index (χ3n) is 2.59. The van der Waals surface area contributed by atoms with Crippen molar-refractivity contribution < 1.29 is 4.79 Å². The van der Waals surface area contributed by atoms with E-state index < -0.39 is 0 Å². The Morgan fingerprint density at radius 2 is 1.94 bits per heavy atom. The number of amides is 1. The summed E-state index contributed by atoms with van der Waals surface area (Å²) in [7, 11) is 0. The van der Waals surface area contributed by atoms with Gasteiger partial charge >= 0.3 is 0 Å². The monoisotopic (exact) mass is 231 g/mol. The lowest BCUT2D eigenvalue weighted by atomic mass is 10.1. The summed E-state index contributed by atoms with van der Waals surface area (Å²) >= 11 is 0. The number of hydrogen-bond donors (Lipinski definition) is 1. The number of nitrogens with one attached hydrogen (secondary N) is 1. The van der Waals surface area contributed by atoms with Gasteiger partial charge in [-0.05, 0) is 25.0 Å². The van der Waals surface area contributed by atoms with E-state index in [1.807, 2.05) is 36.4 Å². The summed E-state index contributed by atoms with van der Waals surface area (Å²) in [6, 6.07) is 9.25. The number of carbonyl (C=O) groups is 1. The van der Waals surface area contributed by atoms with E-state index >= 15 is 0 Å². The van der Waals surface area contributed by atoms with E-state index in [9.17, 15) is 4.79 Å². The Balaban J connectivity index is 2.18. The molecule has 1 rings (SSSR count). The summed E-state index contributed by atoms with van der Waals surface area (Å²) in [5.41, 5.74) is 0.697. The van der Waals surface area contributed by atoms with Crippen molar-refractivity contribution in [2.45, 2.75) is 39.0 Å². The van der Waals surface area contributed by atoms with Crippen LogP contribution in [0.25, 0.3) is 0 Å². The normalized spacial score (nSPS) is 10.6. The minimum Gasteiger partial charge on any atom is -0.329 e. The molecule has 0 aliphatic rings. The van der Waals surface area contributed by atoms with Gasteiger partial charge in [0.15, 0.2) is 0 Å². The molecule has 0 fully saturated rings. The van der Waals surface area contributed by atoms with Gasteiger partial charge in [-0.25, -0.2) is 0 Å². The molecule has 0 aliphatic carbocycles. The predicted molar refractivity (Wildman–Crippen MR) is 71.8 cm³/mol. The van der Waals surface area contributed by atoms with Gasteiger partial charge in [0.05, 0.1) is 0 Å². The van der Waals surface area contributed by atoms with E-state index in [4.69, 9.17) is 0 Å². The highest BCUT2D eigenvalue weighted by Gasteiger charge is 1.99. The molecule has 1 aromatic carbocycles. The zero-order chi connectivity index (χ0) is 12.3. The van der Waals surface area contributed by atoms with E-state index in [-0.39, 0.29) is 5.91 Å². The fourth-order valence-corrected chi connectivity index (χ4v) is 1.58. The Morgan fingerprint density at radius 3 is 2.65 bits per heavy atom. The van der Waals surface area contributed by atoms with Crippen LogP contribution in [0, 0.1) is 0 Å². The van der Waals surface area contributed by atoms with Gasteiger partial charge < -0.3 is 5.32 Å². The Bertz CT molecular complexity index is 343. The van der Waals surface area contributed by atoms with Crippen LogP contribution in [0.5, 0.6) is 0 Å². The molecule has 0 bridgehead atoms. The predicted octanol–water partition coefficient (Wildman–Crippen LogP) is 3.90. The number of unbranched alkanes of at least 4 members (excludes halogenated alkanes) is 4. The van der Waals surface area contributed by atoms with Crippen LogP contribution in [0.15, 0.2) is 42.6 Å². The molecule has 0 radical (unpaired) electrons. The molecule has 0 heterocycles. The first-order valence-corrected chi connectivity index (χ1v) is 6.35. The van der Waals surface area contributed by atoms with Crippen molar-refractivity contribution in [1.82, 2.24) is 5.32 Å². The van der Waals surface area contributed by atoms with Gasteiger partial charge in [0.25, 0.3) is 5.91 Å². The third-order valence-corrected chi connectivity index (χ3v) is 2.59. The second kappa shape index (κ2) is 8.57. The molecule has 0 atom stereocenters. The van der Waals surface area contributed by atoms with Crippen LogP contribution in [0.4, 0.5) is 0 Å². The lowest BCUT2D eigenvalue weighted by molar-refractivity contribution is 0.0970. The number of benzene rings is 1. The number of hydrogen-bond acceptors (Lipinski definition) is 1. The molecule has 0 saturated carbocycles. The fraction of sp³-hybridized carbons (Fsp3) is 0.400. The highest BCUT2D eigenvalue weighted by Crippen LogP contribution is 2.02. The molecule has 2 nitrogen and oxygen atoms in total. The van der Waals surface area contributed by atoms with Gasteiger partial charge in [-0.3, -0.25) is 4.79 Å². The quantitative estimate of drug-likeness (QED) is 0.708. The molecule has 2 heteroatoms. The lowest BCUT2D eigenvalue weighted by Crippen LogP contribution is -2.16. The van der Waals surface area contributed by atoms with Crippen molar-refractivity contribution >= 4 is 5.91 Å². The Labute approximate surface area is 104 Å².